The Morgan fingerprint density at radius 2 is 2.04 bits per heavy atom. The quantitative estimate of drug-likeness (QED) is 0.482. The van der Waals surface area contributed by atoms with Gasteiger partial charge in [0.2, 0.25) is 0 Å². The molecule has 0 atom stereocenters. The van der Waals surface area contributed by atoms with Crippen molar-refractivity contribution in [1.29, 1.82) is 0 Å². The average molecular weight is 375 g/mol. The van der Waals surface area contributed by atoms with Crippen LogP contribution in [0, 0.1) is 5.82 Å². The van der Waals surface area contributed by atoms with Gasteiger partial charge in [-0.2, -0.15) is 5.10 Å². The number of nitrogens with one attached hydrogen (secondary N) is 1. The Kier molecular flexibility index (Phi) is 3.79. The van der Waals surface area contributed by atoms with Gasteiger partial charge in [-0.1, -0.05) is 12.1 Å². The highest BCUT2D eigenvalue weighted by atomic mass is 32.1. The van der Waals surface area contributed by atoms with Crippen molar-refractivity contribution in [3.8, 4) is 0 Å². The molecule has 0 spiro atoms. The van der Waals surface area contributed by atoms with Crippen LogP contribution < -0.4 is 5.32 Å². The first-order valence-electron chi connectivity index (χ1n) is 8.41. The van der Waals surface area contributed by atoms with E-state index in [0.29, 0.717) is 6.54 Å². The van der Waals surface area contributed by atoms with Crippen molar-refractivity contribution in [3.63, 3.8) is 0 Å². The minimum atomic E-state index is -0.236. The van der Waals surface area contributed by atoms with Gasteiger partial charge in [0.1, 0.15) is 22.8 Å². The second-order valence-corrected chi connectivity index (χ2v) is 7.09. The van der Waals surface area contributed by atoms with Crippen molar-refractivity contribution in [3.05, 3.63) is 77.8 Å². The minimum Gasteiger partial charge on any atom is -0.340 e. The molecule has 0 amide bonds. The predicted molar refractivity (Wildman–Crippen MR) is 106 cm³/mol. The summed E-state index contributed by atoms with van der Waals surface area (Å²) in [6.45, 7) is 0.523. The fraction of sp³-hybridized carbons (Fsp3) is 0.0500. The van der Waals surface area contributed by atoms with Crippen LogP contribution in [0.4, 0.5) is 15.9 Å². The van der Waals surface area contributed by atoms with E-state index in [2.05, 4.69) is 20.4 Å². The van der Waals surface area contributed by atoms with Crippen LogP contribution >= 0.6 is 11.3 Å². The number of benzene rings is 2. The zero-order valence-electron chi connectivity index (χ0n) is 14.1. The van der Waals surface area contributed by atoms with E-state index >= 15 is 0 Å². The summed E-state index contributed by atoms with van der Waals surface area (Å²) in [5.74, 6) is 0.549. The molecule has 1 N–H and O–H groups in total. The molecule has 0 aliphatic heterocycles. The fourth-order valence-corrected chi connectivity index (χ4v) is 3.86. The van der Waals surface area contributed by atoms with Crippen LogP contribution in [0.5, 0.6) is 0 Å². The molecule has 3 heterocycles. The van der Waals surface area contributed by atoms with Gasteiger partial charge in [-0.15, -0.1) is 11.3 Å². The van der Waals surface area contributed by atoms with Crippen LogP contribution in [0.1, 0.15) is 5.56 Å². The molecule has 0 saturated heterocycles. The van der Waals surface area contributed by atoms with Gasteiger partial charge in [-0.05, 0) is 47.3 Å². The highest BCUT2D eigenvalue weighted by Crippen LogP contribution is 2.28. The molecular formula is C20H14FN5S. The molecule has 5 aromatic rings. The second-order valence-electron chi connectivity index (χ2n) is 6.19. The van der Waals surface area contributed by atoms with E-state index in [1.165, 1.54) is 12.1 Å². The molecular weight excluding hydrogens is 361 g/mol. The predicted octanol–water partition coefficient (Wildman–Crippen LogP) is 4.97. The van der Waals surface area contributed by atoms with Gasteiger partial charge in [0.15, 0.2) is 0 Å². The van der Waals surface area contributed by atoms with Gasteiger partial charge in [0, 0.05) is 11.1 Å². The lowest BCUT2D eigenvalue weighted by Crippen LogP contribution is -2.01. The number of nitrogens with zero attached hydrogens (tertiary/aromatic N) is 4. The Hall–Kier alpha value is -3.32. The summed E-state index contributed by atoms with van der Waals surface area (Å²) in [6, 6.07) is 14.6. The van der Waals surface area contributed by atoms with E-state index in [1.807, 2.05) is 46.6 Å². The maximum atomic E-state index is 13.4. The molecule has 0 aliphatic carbocycles. The molecule has 2 aromatic carbocycles. The van der Waals surface area contributed by atoms with E-state index in [9.17, 15) is 4.39 Å². The summed E-state index contributed by atoms with van der Waals surface area (Å²) in [5.41, 5.74) is 2.80. The largest absolute Gasteiger partial charge is 0.340 e. The summed E-state index contributed by atoms with van der Waals surface area (Å²) >= 11 is 1.59. The van der Waals surface area contributed by atoms with Gasteiger partial charge in [-0.3, -0.25) is 4.68 Å². The lowest BCUT2D eigenvalue weighted by atomic mass is 10.2. The summed E-state index contributed by atoms with van der Waals surface area (Å²) < 4.78 is 15.3. The van der Waals surface area contributed by atoms with E-state index in [0.717, 1.165) is 38.2 Å². The van der Waals surface area contributed by atoms with Crippen LogP contribution in [0.3, 0.4) is 0 Å². The van der Waals surface area contributed by atoms with Crippen LogP contribution in [0.25, 0.3) is 21.1 Å². The third kappa shape index (κ3) is 3.02. The van der Waals surface area contributed by atoms with E-state index in [4.69, 9.17) is 0 Å². The monoisotopic (exact) mass is 375 g/mol. The topological polar surface area (TPSA) is 55.6 Å². The fourth-order valence-electron chi connectivity index (χ4n) is 3.13. The first-order chi connectivity index (χ1) is 13.3. The molecule has 0 aliphatic rings. The minimum absolute atomic E-state index is 0.236. The first-order valence-corrected chi connectivity index (χ1v) is 9.29. The lowest BCUT2D eigenvalue weighted by Gasteiger charge is -2.08. The number of hydrogen-bond acceptors (Lipinski definition) is 5. The van der Waals surface area contributed by atoms with Crippen molar-refractivity contribution in [2.75, 3.05) is 5.32 Å². The summed E-state index contributed by atoms with van der Waals surface area (Å²) in [5, 5.41) is 11.8. The Bertz CT molecular complexity index is 1260. The van der Waals surface area contributed by atoms with Crippen LogP contribution in [-0.4, -0.2) is 19.7 Å². The van der Waals surface area contributed by atoms with E-state index in [1.54, 1.807) is 23.7 Å². The number of halogens is 1. The third-order valence-electron chi connectivity index (χ3n) is 4.39. The van der Waals surface area contributed by atoms with Crippen molar-refractivity contribution in [1.82, 2.24) is 19.7 Å². The molecule has 0 unspecified atom stereocenters. The molecule has 132 valence electrons. The van der Waals surface area contributed by atoms with E-state index < -0.39 is 0 Å². The standard InChI is InChI=1S/C20H14FN5S/c21-15-3-1-2-13(8-15)11-26-18-5-4-16(9-14(18)10-24-26)25-19-17-6-7-27-20(17)23-12-22-19/h1-10,12H,11H2,(H,22,23,25). The Morgan fingerprint density at radius 1 is 1.07 bits per heavy atom. The van der Waals surface area contributed by atoms with Crippen LogP contribution in [0.2, 0.25) is 0 Å². The molecule has 0 saturated carbocycles. The van der Waals surface area contributed by atoms with Gasteiger partial charge >= 0.3 is 0 Å². The second kappa shape index (κ2) is 6.44. The van der Waals surface area contributed by atoms with E-state index in [-0.39, 0.29) is 5.82 Å². The van der Waals surface area contributed by atoms with Crippen molar-refractivity contribution < 1.29 is 4.39 Å². The normalized spacial score (nSPS) is 11.3. The Labute approximate surface area is 158 Å². The molecule has 5 nitrogen and oxygen atoms in total. The van der Waals surface area contributed by atoms with Gasteiger partial charge in [0.25, 0.3) is 0 Å². The molecule has 7 heteroatoms. The average Bonchev–Trinajstić information content (AvgIpc) is 3.29. The number of thiophene rings is 1. The zero-order valence-corrected chi connectivity index (χ0v) is 14.9. The molecule has 27 heavy (non-hydrogen) atoms. The van der Waals surface area contributed by atoms with Gasteiger partial charge in [0.05, 0.1) is 23.6 Å². The molecule has 0 radical (unpaired) electrons. The highest BCUT2D eigenvalue weighted by molar-refractivity contribution is 7.16. The SMILES string of the molecule is Fc1cccc(Cn2ncc3cc(Nc4ncnc5sccc45)ccc32)c1. The van der Waals surface area contributed by atoms with Crippen molar-refractivity contribution >= 4 is 44.0 Å². The summed E-state index contributed by atoms with van der Waals surface area (Å²) in [4.78, 5) is 9.58. The first kappa shape index (κ1) is 15.9. The number of anilines is 2. The van der Waals surface area contributed by atoms with Crippen LogP contribution in [-0.2, 0) is 6.54 Å². The number of hydrogen-bond donors (Lipinski definition) is 1. The molecule has 0 bridgehead atoms. The smallest absolute Gasteiger partial charge is 0.142 e. The number of rotatable bonds is 4. The number of fused-ring (bicyclic) bond motifs is 2. The van der Waals surface area contributed by atoms with Gasteiger partial charge < -0.3 is 5.32 Å². The zero-order chi connectivity index (χ0) is 18.2. The van der Waals surface area contributed by atoms with Gasteiger partial charge in [-0.25, -0.2) is 14.4 Å². The van der Waals surface area contributed by atoms with Crippen molar-refractivity contribution in [2.24, 2.45) is 0 Å². The summed E-state index contributed by atoms with van der Waals surface area (Å²) in [6.07, 6.45) is 3.39. The molecule has 3 aromatic heterocycles. The summed E-state index contributed by atoms with van der Waals surface area (Å²) in [7, 11) is 0. The number of aromatic nitrogens is 4. The molecule has 5 rings (SSSR count). The highest BCUT2D eigenvalue weighted by Gasteiger charge is 2.08. The lowest BCUT2D eigenvalue weighted by molar-refractivity contribution is 0.621. The Balaban J connectivity index is 1.45. The Morgan fingerprint density at radius 3 is 2.96 bits per heavy atom. The molecule has 0 fully saturated rings. The third-order valence-corrected chi connectivity index (χ3v) is 5.21. The van der Waals surface area contributed by atoms with Crippen molar-refractivity contribution in [2.45, 2.75) is 6.54 Å². The van der Waals surface area contributed by atoms with Crippen LogP contribution in [0.15, 0.2) is 66.4 Å². The maximum Gasteiger partial charge on any atom is 0.142 e. The maximum absolute atomic E-state index is 13.4.